The van der Waals surface area contributed by atoms with Gasteiger partial charge in [-0.15, -0.1) is 0 Å². The van der Waals surface area contributed by atoms with Crippen LogP contribution in [0.5, 0.6) is 0 Å². The van der Waals surface area contributed by atoms with Crippen LogP contribution in [0.1, 0.15) is 65.7 Å². The number of hydrogen-bond acceptors (Lipinski definition) is 3. The third-order valence-corrected chi connectivity index (χ3v) is 4.60. The lowest BCUT2D eigenvalue weighted by Crippen LogP contribution is -2.42. The average molecular weight is 269 g/mol. The third kappa shape index (κ3) is 4.73. The molecule has 0 bridgehead atoms. The van der Waals surface area contributed by atoms with Crippen LogP contribution in [0.15, 0.2) is 0 Å². The number of ether oxygens (including phenoxy) is 1. The van der Waals surface area contributed by atoms with Crippen molar-refractivity contribution in [2.24, 2.45) is 0 Å². The topological polar surface area (TPSA) is 32.7 Å². The number of rotatable bonds is 4. The Bertz CT molecular complexity index is 278. The summed E-state index contributed by atoms with van der Waals surface area (Å²) in [5, 5.41) is 9.70. The van der Waals surface area contributed by atoms with Gasteiger partial charge >= 0.3 is 0 Å². The maximum Gasteiger partial charge on any atom is 0.0710 e. The molecule has 3 heteroatoms. The van der Waals surface area contributed by atoms with E-state index in [0.29, 0.717) is 12.1 Å². The Kier molecular flexibility index (Phi) is 5.27. The summed E-state index contributed by atoms with van der Waals surface area (Å²) < 4.78 is 6.14. The maximum absolute atomic E-state index is 9.70. The van der Waals surface area contributed by atoms with Crippen molar-refractivity contribution < 1.29 is 9.84 Å². The highest BCUT2D eigenvalue weighted by atomic mass is 16.5. The van der Waals surface area contributed by atoms with E-state index >= 15 is 0 Å². The van der Waals surface area contributed by atoms with Crippen LogP contribution in [-0.2, 0) is 4.74 Å². The molecule has 3 atom stereocenters. The second kappa shape index (κ2) is 6.55. The molecule has 3 unspecified atom stereocenters. The predicted octanol–water partition coefficient (Wildman–Crippen LogP) is 2.96. The molecule has 0 saturated carbocycles. The first-order chi connectivity index (χ1) is 8.96. The van der Waals surface area contributed by atoms with Gasteiger partial charge in [-0.05, 0) is 59.4 Å². The van der Waals surface area contributed by atoms with Gasteiger partial charge in [0.1, 0.15) is 0 Å². The Labute approximate surface area is 118 Å². The van der Waals surface area contributed by atoms with Gasteiger partial charge in [0.15, 0.2) is 0 Å². The van der Waals surface area contributed by atoms with Gasteiger partial charge in [-0.1, -0.05) is 12.8 Å². The second-order valence-corrected chi connectivity index (χ2v) is 7.12. The summed E-state index contributed by atoms with van der Waals surface area (Å²) in [6.07, 6.45) is 8.66. The highest BCUT2D eigenvalue weighted by Gasteiger charge is 2.34. The summed E-state index contributed by atoms with van der Waals surface area (Å²) in [7, 11) is 0. The Morgan fingerprint density at radius 2 is 2.05 bits per heavy atom. The van der Waals surface area contributed by atoms with Gasteiger partial charge in [0.05, 0.1) is 17.8 Å². The summed E-state index contributed by atoms with van der Waals surface area (Å²) >= 11 is 0. The van der Waals surface area contributed by atoms with E-state index in [2.05, 4.69) is 18.7 Å². The molecule has 0 radical (unpaired) electrons. The minimum Gasteiger partial charge on any atom is -0.393 e. The van der Waals surface area contributed by atoms with Crippen LogP contribution < -0.4 is 0 Å². The molecule has 19 heavy (non-hydrogen) atoms. The summed E-state index contributed by atoms with van der Waals surface area (Å²) in [4.78, 5) is 2.59. The molecule has 2 aliphatic rings. The molecule has 2 fully saturated rings. The van der Waals surface area contributed by atoms with E-state index in [1.54, 1.807) is 0 Å². The normalized spacial score (nSPS) is 34.1. The SMILES string of the molecule is CC(O)CC1CCCCCN1CC1CCC(C)(C)O1. The van der Waals surface area contributed by atoms with E-state index in [1.165, 1.54) is 45.1 Å². The molecule has 1 N–H and O–H groups in total. The minimum absolute atomic E-state index is 0.0658. The fourth-order valence-electron chi connectivity index (χ4n) is 3.61. The monoisotopic (exact) mass is 269 g/mol. The summed E-state index contributed by atoms with van der Waals surface area (Å²) in [5.41, 5.74) is 0.0658. The summed E-state index contributed by atoms with van der Waals surface area (Å²) in [6.45, 7) is 8.54. The number of aliphatic hydroxyl groups excluding tert-OH is 1. The largest absolute Gasteiger partial charge is 0.393 e. The molecular formula is C16H31NO2. The fourth-order valence-corrected chi connectivity index (χ4v) is 3.61. The van der Waals surface area contributed by atoms with Crippen LogP contribution in [0.3, 0.4) is 0 Å². The average Bonchev–Trinajstić information content (AvgIpc) is 2.51. The second-order valence-electron chi connectivity index (χ2n) is 7.12. The highest BCUT2D eigenvalue weighted by molar-refractivity contribution is 4.85. The maximum atomic E-state index is 9.70. The molecule has 2 heterocycles. The lowest BCUT2D eigenvalue weighted by atomic mass is 10.0. The minimum atomic E-state index is -0.188. The van der Waals surface area contributed by atoms with E-state index in [0.717, 1.165) is 13.0 Å². The zero-order valence-electron chi connectivity index (χ0n) is 12.9. The molecule has 3 nitrogen and oxygen atoms in total. The number of nitrogens with zero attached hydrogens (tertiary/aromatic N) is 1. The van der Waals surface area contributed by atoms with Crippen LogP contribution in [0.25, 0.3) is 0 Å². The predicted molar refractivity (Wildman–Crippen MR) is 78.3 cm³/mol. The van der Waals surface area contributed by atoms with Crippen molar-refractivity contribution in [1.29, 1.82) is 0 Å². The van der Waals surface area contributed by atoms with Crippen LogP contribution >= 0.6 is 0 Å². The molecule has 0 spiro atoms. The molecular weight excluding hydrogens is 238 g/mol. The van der Waals surface area contributed by atoms with Gasteiger partial charge in [-0.2, -0.15) is 0 Å². The molecule has 0 aromatic carbocycles. The molecule has 0 aliphatic carbocycles. The van der Waals surface area contributed by atoms with E-state index in [1.807, 2.05) is 6.92 Å². The van der Waals surface area contributed by atoms with Crippen molar-refractivity contribution in [3.8, 4) is 0 Å². The van der Waals surface area contributed by atoms with Crippen LogP contribution in [0, 0.1) is 0 Å². The number of aliphatic hydroxyl groups is 1. The Morgan fingerprint density at radius 3 is 2.68 bits per heavy atom. The van der Waals surface area contributed by atoms with E-state index in [-0.39, 0.29) is 11.7 Å². The van der Waals surface area contributed by atoms with E-state index in [9.17, 15) is 5.11 Å². The molecule has 0 aromatic heterocycles. The highest BCUT2D eigenvalue weighted by Crippen LogP contribution is 2.31. The molecule has 2 aliphatic heterocycles. The first-order valence-electron chi connectivity index (χ1n) is 8.06. The van der Waals surface area contributed by atoms with Crippen LogP contribution in [0.2, 0.25) is 0 Å². The van der Waals surface area contributed by atoms with Crippen molar-refractivity contribution in [1.82, 2.24) is 4.90 Å². The number of hydrogen-bond donors (Lipinski definition) is 1. The first kappa shape index (κ1) is 15.3. The van der Waals surface area contributed by atoms with Gasteiger partial charge in [0.2, 0.25) is 0 Å². The van der Waals surface area contributed by atoms with Crippen molar-refractivity contribution in [3.05, 3.63) is 0 Å². The summed E-state index contributed by atoms with van der Waals surface area (Å²) in [6, 6.07) is 0.551. The molecule has 0 amide bonds. The Hall–Kier alpha value is -0.120. The lowest BCUT2D eigenvalue weighted by Gasteiger charge is -2.33. The molecule has 0 aromatic rings. The van der Waals surface area contributed by atoms with Gasteiger partial charge in [-0.3, -0.25) is 4.90 Å². The standard InChI is InChI=1S/C16H31NO2/c1-13(18)11-14-7-5-4-6-10-17(14)12-15-8-9-16(2,3)19-15/h13-15,18H,4-12H2,1-3H3. The molecule has 112 valence electrons. The van der Waals surface area contributed by atoms with Crippen molar-refractivity contribution in [2.75, 3.05) is 13.1 Å². The fraction of sp³-hybridized carbons (Fsp3) is 1.00. The quantitative estimate of drug-likeness (QED) is 0.851. The lowest BCUT2D eigenvalue weighted by molar-refractivity contribution is -0.0359. The van der Waals surface area contributed by atoms with Crippen LogP contribution in [-0.4, -0.2) is 46.9 Å². The Balaban J connectivity index is 1.90. The van der Waals surface area contributed by atoms with Gasteiger partial charge in [0, 0.05) is 12.6 Å². The zero-order valence-corrected chi connectivity index (χ0v) is 12.9. The Morgan fingerprint density at radius 1 is 1.26 bits per heavy atom. The molecule has 2 saturated heterocycles. The van der Waals surface area contributed by atoms with Crippen molar-refractivity contribution in [2.45, 2.75) is 89.6 Å². The first-order valence-corrected chi connectivity index (χ1v) is 8.06. The van der Waals surface area contributed by atoms with E-state index in [4.69, 9.17) is 4.74 Å². The van der Waals surface area contributed by atoms with Gasteiger partial charge < -0.3 is 9.84 Å². The van der Waals surface area contributed by atoms with Crippen LogP contribution in [0.4, 0.5) is 0 Å². The van der Waals surface area contributed by atoms with Gasteiger partial charge in [0.25, 0.3) is 0 Å². The molecule has 2 rings (SSSR count). The van der Waals surface area contributed by atoms with Crippen molar-refractivity contribution in [3.63, 3.8) is 0 Å². The smallest absolute Gasteiger partial charge is 0.0710 e. The summed E-state index contributed by atoms with van der Waals surface area (Å²) in [5.74, 6) is 0. The van der Waals surface area contributed by atoms with Gasteiger partial charge in [-0.25, -0.2) is 0 Å². The third-order valence-electron chi connectivity index (χ3n) is 4.60. The van der Waals surface area contributed by atoms with E-state index < -0.39 is 0 Å². The number of likely N-dealkylation sites (tertiary alicyclic amines) is 1. The van der Waals surface area contributed by atoms with Crippen molar-refractivity contribution >= 4 is 0 Å². The zero-order chi connectivity index (χ0) is 13.9.